The number of fused-ring (bicyclic) bond motifs is 3. The lowest BCUT2D eigenvalue weighted by atomic mass is 10.1. The maximum absolute atomic E-state index is 12.3. The average Bonchev–Trinajstić information content (AvgIpc) is 3.22. The fourth-order valence-corrected chi connectivity index (χ4v) is 3.77. The van der Waals surface area contributed by atoms with E-state index in [1.165, 1.54) is 0 Å². The van der Waals surface area contributed by atoms with Crippen molar-refractivity contribution in [3.05, 3.63) is 48.0 Å². The van der Waals surface area contributed by atoms with Gasteiger partial charge in [0.1, 0.15) is 11.8 Å². The molecule has 2 aromatic heterocycles. The predicted octanol–water partition coefficient (Wildman–Crippen LogP) is 2.95. The molecule has 1 aliphatic heterocycles. The van der Waals surface area contributed by atoms with Crippen LogP contribution in [0, 0.1) is 6.92 Å². The number of hydrogen-bond acceptors (Lipinski definition) is 6. The van der Waals surface area contributed by atoms with Crippen molar-refractivity contribution in [2.24, 2.45) is 0 Å². The van der Waals surface area contributed by atoms with Gasteiger partial charge in [-0.1, -0.05) is 23.8 Å². The Morgan fingerprint density at radius 2 is 2.10 bits per heavy atom. The summed E-state index contributed by atoms with van der Waals surface area (Å²) in [4.78, 5) is 21.9. The number of aromatic nitrogens is 4. The number of methoxy groups -OCH3 is 1. The Bertz CT molecular complexity index is 1270. The van der Waals surface area contributed by atoms with Crippen LogP contribution in [0.3, 0.4) is 0 Å². The number of nitrogens with zero attached hydrogens (tertiary/aromatic N) is 4. The maximum atomic E-state index is 12.3. The van der Waals surface area contributed by atoms with Gasteiger partial charge in [-0.3, -0.25) is 4.79 Å². The first-order valence-electron chi connectivity index (χ1n) is 9.98. The van der Waals surface area contributed by atoms with Crippen molar-refractivity contribution >= 4 is 28.4 Å². The monoisotopic (exact) mass is 402 g/mol. The van der Waals surface area contributed by atoms with Gasteiger partial charge >= 0.3 is 0 Å². The lowest BCUT2D eigenvalue weighted by Crippen LogP contribution is -2.44. The number of hydrogen-bond donors (Lipinski definition) is 2. The Morgan fingerprint density at radius 1 is 1.20 bits per heavy atom. The molecule has 3 heterocycles. The largest absolute Gasteiger partial charge is 0.497 e. The third-order valence-corrected chi connectivity index (χ3v) is 5.34. The molecule has 8 heteroatoms. The highest BCUT2D eigenvalue weighted by Crippen LogP contribution is 2.27. The molecule has 0 unspecified atom stereocenters. The molecule has 1 amide bonds. The number of aryl methyl sites for hydroxylation is 1. The molecule has 30 heavy (non-hydrogen) atoms. The van der Waals surface area contributed by atoms with Crippen LogP contribution >= 0.6 is 0 Å². The maximum Gasteiger partial charge on any atom is 0.242 e. The molecular formula is C22H22N6O2. The molecular weight excluding hydrogens is 380 g/mol. The number of rotatable bonds is 4. The summed E-state index contributed by atoms with van der Waals surface area (Å²) >= 11 is 0. The predicted molar refractivity (Wildman–Crippen MR) is 115 cm³/mol. The van der Waals surface area contributed by atoms with E-state index in [0.717, 1.165) is 40.6 Å². The van der Waals surface area contributed by atoms with Gasteiger partial charge in [-0.2, -0.15) is 4.52 Å². The molecule has 1 atom stereocenters. The third-order valence-electron chi connectivity index (χ3n) is 5.34. The highest BCUT2D eigenvalue weighted by molar-refractivity contribution is 5.94. The normalized spacial score (nSPS) is 16.6. The second-order valence-corrected chi connectivity index (χ2v) is 7.49. The molecule has 8 nitrogen and oxygen atoms in total. The molecule has 0 radical (unpaired) electrons. The van der Waals surface area contributed by atoms with Crippen LogP contribution in [0.5, 0.6) is 5.75 Å². The van der Waals surface area contributed by atoms with Gasteiger partial charge in [0.25, 0.3) is 0 Å². The summed E-state index contributed by atoms with van der Waals surface area (Å²) in [6.45, 7) is 2.74. The van der Waals surface area contributed by atoms with E-state index < -0.39 is 0 Å². The lowest BCUT2D eigenvalue weighted by Gasteiger charge is -2.23. The molecule has 1 fully saturated rings. The number of benzene rings is 2. The van der Waals surface area contributed by atoms with Crippen molar-refractivity contribution in [2.45, 2.75) is 25.8 Å². The Hall–Kier alpha value is -3.68. The molecule has 1 aliphatic rings. The van der Waals surface area contributed by atoms with Gasteiger partial charge in [0.05, 0.1) is 12.6 Å². The standard InChI is InChI=1S/C22H22N6O2/c1-13-8-9-17-16(11-13)20-26-19(14-5-3-6-15(12-14)30-2)27-28(20)22(24-17)25-18-7-4-10-23-21(18)29/h3,5-6,8-9,11-12,18H,4,7,10H2,1-2H3,(H,23,29)(H,24,25)/t18-/m0/s1. The second-order valence-electron chi connectivity index (χ2n) is 7.49. The van der Waals surface area contributed by atoms with Crippen LogP contribution in [-0.2, 0) is 4.79 Å². The van der Waals surface area contributed by atoms with E-state index in [4.69, 9.17) is 19.8 Å². The van der Waals surface area contributed by atoms with E-state index in [9.17, 15) is 4.79 Å². The highest BCUT2D eigenvalue weighted by atomic mass is 16.5. The summed E-state index contributed by atoms with van der Waals surface area (Å²) in [6.07, 6.45) is 1.67. The number of carbonyl (C=O) groups is 1. The summed E-state index contributed by atoms with van der Waals surface area (Å²) < 4.78 is 7.03. The zero-order chi connectivity index (χ0) is 20.7. The average molecular weight is 402 g/mol. The summed E-state index contributed by atoms with van der Waals surface area (Å²) in [5.41, 5.74) is 3.46. The van der Waals surface area contributed by atoms with Crippen LogP contribution in [0.4, 0.5) is 5.95 Å². The quantitative estimate of drug-likeness (QED) is 0.545. The topological polar surface area (TPSA) is 93.4 Å². The van der Waals surface area contributed by atoms with Gasteiger partial charge in [0, 0.05) is 17.5 Å². The Morgan fingerprint density at radius 3 is 2.93 bits per heavy atom. The number of piperidine rings is 1. The SMILES string of the molecule is COc1cccc(-c2nc3c4cc(C)ccc4nc(N[C@H]4CCCNC4=O)n3n2)c1. The van der Waals surface area contributed by atoms with E-state index >= 15 is 0 Å². The first kappa shape index (κ1) is 18.4. The van der Waals surface area contributed by atoms with E-state index in [1.54, 1.807) is 11.6 Å². The lowest BCUT2D eigenvalue weighted by molar-refractivity contribution is -0.123. The van der Waals surface area contributed by atoms with Crippen LogP contribution in [0.2, 0.25) is 0 Å². The molecule has 1 saturated heterocycles. The van der Waals surface area contributed by atoms with Gasteiger partial charge in [0.2, 0.25) is 11.9 Å². The van der Waals surface area contributed by atoms with E-state index in [-0.39, 0.29) is 11.9 Å². The minimum atomic E-state index is -0.346. The van der Waals surface area contributed by atoms with Crippen LogP contribution in [0.25, 0.3) is 27.9 Å². The van der Waals surface area contributed by atoms with Crippen LogP contribution in [0.15, 0.2) is 42.5 Å². The Labute approximate surface area is 173 Å². The van der Waals surface area contributed by atoms with Crippen molar-refractivity contribution in [1.29, 1.82) is 0 Å². The molecule has 0 saturated carbocycles. The minimum Gasteiger partial charge on any atom is -0.497 e. The van der Waals surface area contributed by atoms with Crippen molar-refractivity contribution in [2.75, 3.05) is 19.0 Å². The van der Waals surface area contributed by atoms with Crippen molar-refractivity contribution < 1.29 is 9.53 Å². The van der Waals surface area contributed by atoms with Gasteiger partial charge in [0.15, 0.2) is 11.5 Å². The molecule has 2 N–H and O–H groups in total. The number of nitrogens with one attached hydrogen (secondary N) is 2. The zero-order valence-corrected chi connectivity index (χ0v) is 16.8. The van der Waals surface area contributed by atoms with Crippen LogP contribution in [0.1, 0.15) is 18.4 Å². The van der Waals surface area contributed by atoms with Crippen molar-refractivity contribution in [3.8, 4) is 17.1 Å². The number of carbonyl (C=O) groups excluding carboxylic acids is 1. The summed E-state index contributed by atoms with van der Waals surface area (Å²) in [5.74, 6) is 1.79. The van der Waals surface area contributed by atoms with Gasteiger partial charge in [-0.05, 0) is 44.0 Å². The molecule has 2 aromatic carbocycles. The molecule has 152 valence electrons. The van der Waals surface area contributed by atoms with Gasteiger partial charge < -0.3 is 15.4 Å². The Kier molecular flexibility index (Phi) is 4.46. The molecule has 0 spiro atoms. The summed E-state index contributed by atoms with van der Waals surface area (Å²) in [7, 11) is 1.63. The van der Waals surface area contributed by atoms with Gasteiger partial charge in [-0.15, -0.1) is 5.10 Å². The Balaban J connectivity index is 1.69. The zero-order valence-electron chi connectivity index (χ0n) is 16.8. The van der Waals surface area contributed by atoms with E-state index in [1.807, 2.05) is 43.3 Å². The fraction of sp³-hybridized carbons (Fsp3) is 0.273. The number of amides is 1. The van der Waals surface area contributed by atoms with Crippen LogP contribution in [-0.4, -0.2) is 45.2 Å². The smallest absolute Gasteiger partial charge is 0.242 e. The van der Waals surface area contributed by atoms with E-state index in [0.29, 0.717) is 24.0 Å². The van der Waals surface area contributed by atoms with E-state index in [2.05, 4.69) is 16.7 Å². The number of ether oxygens (including phenoxy) is 1. The van der Waals surface area contributed by atoms with Crippen LogP contribution < -0.4 is 15.4 Å². The second kappa shape index (κ2) is 7.29. The molecule has 4 aromatic rings. The first-order chi connectivity index (χ1) is 14.6. The third kappa shape index (κ3) is 3.20. The first-order valence-corrected chi connectivity index (χ1v) is 9.98. The van der Waals surface area contributed by atoms with Crippen molar-refractivity contribution in [1.82, 2.24) is 24.9 Å². The summed E-state index contributed by atoms with van der Waals surface area (Å²) in [5, 5.41) is 11.8. The van der Waals surface area contributed by atoms with Crippen molar-refractivity contribution in [3.63, 3.8) is 0 Å². The molecule has 0 aliphatic carbocycles. The highest BCUT2D eigenvalue weighted by Gasteiger charge is 2.24. The molecule has 5 rings (SSSR count). The molecule has 0 bridgehead atoms. The number of anilines is 1. The summed E-state index contributed by atoms with van der Waals surface area (Å²) in [6, 6.07) is 13.3. The van der Waals surface area contributed by atoms with Gasteiger partial charge in [-0.25, -0.2) is 9.97 Å². The minimum absolute atomic E-state index is 0.0201. The fourth-order valence-electron chi connectivity index (χ4n) is 3.77.